The summed E-state index contributed by atoms with van der Waals surface area (Å²) in [6.07, 6.45) is 1.86. The van der Waals surface area contributed by atoms with E-state index in [9.17, 15) is 4.79 Å². The van der Waals surface area contributed by atoms with Crippen molar-refractivity contribution in [1.82, 2.24) is 16.0 Å². The number of unbranched alkanes of at least 4 members (excludes halogenated alkanes) is 1. The van der Waals surface area contributed by atoms with Gasteiger partial charge in [0, 0.05) is 12.6 Å². The van der Waals surface area contributed by atoms with E-state index in [0.29, 0.717) is 6.54 Å². The van der Waals surface area contributed by atoms with Crippen molar-refractivity contribution in [2.75, 3.05) is 19.8 Å². The number of carbonyl (C=O) groups is 1. The predicted molar refractivity (Wildman–Crippen MR) is 56.0 cm³/mol. The summed E-state index contributed by atoms with van der Waals surface area (Å²) in [5, 5.41) is 16.7. The number of hydrogen-bond acceptors (Lipinski definition) is 3. The van der Waals surface area contributed by atoms with Crippen LogP contribution in [0.15, 0.2) is 0 Å². The fourth-order valence-corrected chi connectivity index (χ4v) is 0.969. The average Bonchev–Trinajstić information content (AvgIpc) is 2.10. The Morgan fingerprint density at radius 1 is 1.29 bits per heavy atom. The first-order valence-corrected chi connectivity index (χ1v) is 5.02. The number of nitrogens with one attached hydrogen (secondary N) is 3. The number of aliphatic hydroxyl groups is 1. The summed E-state index contributed by atoms with van der Waals surface area (Å²) in [7, 11) is 0. The van der Waals surface area contributed by atoms with Crippen molar-refractivity contribution in [3.8, 4) is 0 Å². The molecule has 2 amide bonds. The Bertz CT molecular complexity index is 151. The second kappa shape index (κ2) is 8.77. The maximum absolute atomic E-state index is 11.1. The van der Waals surface area contributed by atoms with E-state index in [4.69, 9.17) is 5.11 Å². The van der Waals surface area contributed by atoms with Gasteiger partial charge in [-0.1, -0.05) is 0 Å². The SMILES string of the molecule is CC(C)NC(=O)NCCCCNCO. The van der Waals surface area contributed by atoms with Crippen LogP contribution in [0.2, 0.25) is 0 Å². The molecule has 0 spiro atoms. The summed E-state index contributed by atoms with van der Waals surface area (Å²) in [5.74, 6) is 0. The lowest BCUT2D eigenvalue weighted by molar-refractivity contribution is 0.238. The molecule has 0 saturated heterocycles. The van der Waals surface area contributed by atoms with Crippen LogP contribution in [0, 0.1) is 0 Å². The molecule has 0 aliphatic heterocycles. The summed E-state index contributed by atoms with van der Waals surface area (Å²) in [6.45, 7) is 5.31. The van der Waals surface area contributed by atoms with Crippen LogP contribution in [0.4, 0.5) is 4.79 Å². The number of urea groups is 1. The Morgan fingerprint density at radius 2 is 1.93 bits per heavy atom. The quantitative estimate of drug-likeness (QED) is 0.348. The maximum atomic E-state index is 11.1. The van der Waals surface area contributed by atoms with Gasteiger partial charge in [-0.2, -0.15) is 0 Å². The molecule has 4 N–H and O–H groups in total. The van der Waals surface area contributed by atoms with E-state index < -0.39 is 0 Å². The molecule has 0 aliphatic carbocycles. The van der Waals surface area contributed by atoms with Gasteiger partial charge in [-0.25, -0.2) is 4.79 Å². The number of amides is 2. The summed E-state index contributed by atoms with van der Waals surface area (Å²) < 4.78 is 0. The van der Waals surface area contributed by atoms with Crippen LogP contribution in [0.25, 0.3) is 0 Å². The number of hydrogen-bond donors (Lipinski definition) is 4. The molecule has 0 aromatic rings. The van der Waals surface area contributed by atoms with Crippen molar-refractivity contribution >= 4 is 6.03 Å². The van der Waals surface area contributed by atoms with Gasteiger partial charge in [0.15, 0.2) is 0 Å². The molecule has 14 heavy (non-hydrogen) atoms. The van der Waals surface area contributed by atoms with Crippen LogP contribution >= 0.6 is 0 Å². The number of rotatable bonds is 7. The second-order valence-electron chi connectivity index (χ2n) is 3.42. The molecule has 5 nitrogen and oxygen atoms in total. The van der Waals surface area contributed by atoms with Crippen LogP contribution < -0.4 is 16.0 Å². The zero-order chi connectivity index (χ0) is 10.8. The van der Waals surface area contributed by atoms with Crippen molar-refractivity contribution in [2.24, 2.45) is 0 Å². The fraction of sp³-hybridized carbons (Fsp3) is 0.889. The summed E-state index contributed by atoms with van der Waals surface area (Å²) in [5.41, 5.74) is 0. The first-order chi connectivity index (χ1) is 6.66. The third kappa shape index (κ3) is 9.28. The molecule has 0 fully saturated rings. The lowest BCUT2D eigenvalue weighted by atomic mass is 10.3. The molecule has 0 unspecified atom stereocenters. The zero-order valence-electron chi connectivity index (χ0n) is 8.97. The largest absolute Gasteiger partial charge is 0.381 e. The molecule has 84 valence electrons. The average molecular weight is 203 g/mol. The molecule has 0 aromatic carbocycles. The van der Waals surface area contributed by atoms with Crippen LogP contribution in [-0.4, -0.2) is 37.0 Å². The molecule has 0 radical (unpaired) electrons. The second-order valence-corrected chi connectivity index (χ2v) is 3.42. The highest BCUT2D eigenvalue weighted by atomic mass is 16.3. The van der Waals surface area contributed by atoms with Crippen LogP contribution in [0.3, 0.4) is 0 Å². The molecule has 0 saturated carbocycles. The van der Waals surface area contributed by atoms with Crippen molar-refractivity contribution in [3.63, 3.8) is 0 Å². The van der Waals surface area contributed by atoms with E-state index in [-0.39, 0.29) is 18.8 Å². The van der Waals surface area contributed by atoms with Gasteiger partial charge in [0.25, 0.3) is 0 Å². The van der Waals surface area contributed by atoms with Crippen molar-refractivity contribution in [1.29, 1.82) is 0 Å². The summed E-state index contributed by atoms with van der Waals surface area (Å²) >= 11 is 0. The molecule has 5 heteroatoms. The Balaban J connectivity index is 3.15. The van der Waals surface area contributed by atoms with Crippen LogP contribution in [0.1, 0.15) is 26.7 Å². The van der Waals surface area contributed by atoms with Crippen molar-refractivity contribution in [3.05, 3.63) is 0 Å². The Labute approximate surface area is 85.3 Å². The lowest BCUT2D eigenvalue weighted by Gasteiger charge is -2.09. The molecule has 0 heterocycles. The smallest absolute Gasteiger partial charge is 0.314 e. The molecule has 0 aliphatic rings. The molecule has 0 atom stereocenters. The Kier molecular flexibility index (Phi) is 8.27. The first-order valence-electron chi connectivity index (χ1n) is 5.02. The number of aliphatic hydroxyl groups excluding tert-OH is 1. The molecule has 0 rings (SSSR count). The standard InChI is InChI=1S/C9H21N3O2/c1-8(2)12-9(14)11-6-4-3-5-10-7-13/h8,10,13H,3-7H2,1-2H3,(H2,11,12,14). The van der Waals surface area contributed by atoms with Crippen molar-refractivity contribution in [2.45, 2.75) is 32.7 Å². The normalized spacial score (nSPS) is 10.3. The third-order valence-electron chi connectivity index (χ3n) is 1.60. The van der Waals surface area contributed by atoms with Crippen LogP contribution in [0.5, 0.6) is 0 Å². The summed E-state index contributed by atoms with van der Waals surface area (Å²) in [4.78, 5) is 11.1. The zero-order valence-corrected chi connectivity index (χ0v) is 8.97. The number of carbonyl (C=O) groups excluding carboxylic acids is 1. The fourth-order valence-electron chi connectivity index (χ4n) is 0.969. The van der Waals surface area contributed by atoms with Gasteiger partial charge in [-0.3, -0.25) is 5.32 Å². The van der Waals surface area contributed by atoms with E-state index in [0.717, 1.165) is 19.4 Å². The minimum absolute atomic E-state index is 0.0151. The predicted octanol–water partition coefficient (Wildman–Crippen LogP) is 0.0136. The lowest BCUT2D eigenvalue weighted by Crippen LogP contribution is -2.39. The topological polar surface area (TPSA) is 73.4 Å². The van der Waals surface area contributed by atoms with Gasteiger partial charge >= 0.3 is 6.03 Å². The third-order valence-corrected chi connectivity index (χ3v) is 1.60. The van der Waals surface area contributed by atoms with Gasteiger partial charge in [0.1, 0.15) is 0 Å². The Hall–Kier alpha value is -0.810. The van der Waals surface area contributed by atoms with E-state index in [1.807, 2.05) is 13.8 Å². The van der Waals surface area contributed by atoms with Gasteiger partial charge < -0.3 is 15.7 Å². The highest BCUT2D eigenvalue weighted by molar-refractivity contribution is 5.73. The van der Waals surface area contributed by atoms with Crippen LogP contribution in [-0.2, 0) is 0 Å². The van der Waals surface area contributed by atoms with Crippen molar-refractivity contribution < 1.29 is 9.90 Å². The maximum Gasteiger partial charge on any atom is 0.314 e. The van der Waals surface area contributed by atoms with Gasteiger partial charge in [-0.05, 0) is 33.2 Å². The van der Waals surface area contributed by atoms with Gasteiger partial charge in [0.2, 0.25) is 0 Å². The summed E-state index contributed by atoms with van der Waals surface area (Å²) in [6, 6.07) is 0.0566. The highest BCUT2D eigenvalue weighted by Crippen LogP contribution is 1.84. The molecule has 0 bridgehead atoms. The highest BCUT2D eigenvalue weighted by Gasteiger charge is 1.99. The van der Waals surface area contributed by atoms with E-state index >= 15 is 0 Å². The van der Waals surface area contributed by atoms with E-state index in [1.165, 1.54) is 0 Å². The molecular formula is C9H21N3O2. The van der Waals surface area contributed by atoms with Gasteiger partial charge in [0.05, 0.1) is 6.73 Å². The monoisotopic (exact) mass is 203 g/mol. The molecule has 0 aromatic heterocycles. The minimum atomic E-state index is -0.116. The Morgan fingerprint density at radius 3 is 2.50 bits per heavy atom. The molecular weight excluding hydrogens is 182 g/mol. The van der Waals surface area contributed by atoms with E-state index in [2.05, 4.69) is 16.0 Å². The van der Waals surface area contributed by atoms with Gasteiger partial charge in [-0.15, -0.1) is 0 Å². The minimum Gasteiger partial charge on any atom is -0.381 e. The van der Waals surface area contributed by atoms with E-state index in [1.54, 1.807) is 0 Å². The first kappa shape index (κ1) is 13.2.